The van der Waals surface area contributed by atoms with Crippen LogP contribution in [0.15, 0.2) is 24.5 Å². The molecule has 2 rings (SSSR count). The molecular formula is C10H9ClN2O2S. The molecule has 0 bridgehead atoms. The molecule has 0 radical (unpaired) electrons. The molecule has 1 N–H and O–H groups in total. The fourth-order valence-corrected chi connectivity index (χ4v) is 2.12. The molecule has 0 aromatic carbocycles. The van der Waals surface area contributed by atoms with Crippen molar-refractivity contribution in [2.75, 3.05) is 5.75 Å². The lowest BCUT2D eigenvalue weighted by atomic mass is 10.5. The minimum absolute atomic E-state index is 0.0919. The number of rotatable bonds is 4. The van der Waals surface area contributed by atoms with Crippen LogP contribution < -0.4 is 0 Å². The van der Waals surface area contributed by atoms with E-state index in [1.165, 1.54) is 11.8 Å². The van der Waals surface area contributed by atoms with E-state index in [9.17, 15) is 4.79 Å². The highest BCUT2D eigenvalue weighted by molar-refractivity contribution is 7.99. The van der Waals surface area contributed by atoms with Gasteiger partial charge in [0, 0.05) is 18.1 Å². The fraction of sp³-hybridized carbons (Fsp3) is 0.200. The molecule has 0 fully saturated rings. The molecule has 4 nitrogen and oxygen atoms in total. The van der Waals surface area contributed by atoms with E-state index in [4.69, 9.17) is 16.7 Å². The number of carboxylic acid groups (broad SMARTS) is 1. The molecular weight excluding hydrogens is 248 g/mol. The van der Waals surface area contributed by atoms with Gasteiger partial charge in [0.2, 0.25) is 0 Å². The van der Waals surface area contributed by atoms with Crippen molar-refractivity contribution < 1.29 is 9.90 Å². The van der Waals surface area contributed by atoms with Crippen molar-refractivity contribution in [1.29, 1.82) is 0 Å². The molecule has 16 heavy (non-hydrogen) atoms. The van der Waals surface area contributed by atoms with Crippen molar-refractivity contribution in [3.63, 3.8) is 0 Å². The van der Waals surface area contributed by atoms with Crippen LogP contribution >= 0.6 is 23.4 Å². The van der Waals surface area contributed by atoms with E-state index >= 15 is 0 Å². The first-order valence-electron chi connectivity index (χ1n) is 4.58. The van der Waals surface area contributed by atoms with Gasteiger partial charge in [0.05, 0.1) is 16.5 Å². The minimum Gasteiger partial charge on any atom is -0.481 e. The zero-order valence-corrected chi connectivity index (χ0v) is 9.83. The van der Waals surface area contributed by atoms with E-state index in [1.54, 1.807) is 12.3 Å². The van der Waals surface area contributed by atoms with Crippen LogP contribution in [0.3, 0.4) is 0 Å². The Balaban J connectivity index is 2.10. The molecule has 0 aliphatic rings. The van der Waals surface area contributed by atoms with Crippen LogP contribution in [0.5, 0.6) is 0 Å². The first-order valence-corrected chi connectivity index (χ1v) is 6.11. The highest BCUT2D eigenvalue weighted by atomic mass is 35.5. The van der Waals surface area contributed by atoms with E-state index in [2.05, 4.69) is 4.98 Å². The van der Waals surface area contributed by atoms with Crippen LogP contribution in [0.2, 0.25) is 5.02 Å². The van der Waals surface area contributed by atoms with Crippen LogP contribution in [0, 0.1) is 0 Å². The minimum atomic E-state index is -0.809. The summed E-state index contributed by atoms with van der Waals surface area (Å²) < 4.78 is 1.83. The normalized spacial score (nSPS) is 10.8. The van der Waals surface area contributed by atoms with Gasteiger partial charge >= 0.3 is 5.97 Å². The Labute approximate surface area is 101 Å². The molecule has 0 saturated carbocycles. The van der Waals surface area contributed by atoms with Crippen molar-refractivity contribution in [2.24, 2.45) is 0 Å². The highest BCUT2D eigenvalue weighted by Crippen LogP contribution is 2.15. The largest absolute Gasteiger partial charge is 0.481 e. The molecule has 2 aromatic rings. The highest BCUT2D eigenvalue weighted by Gasteiger charge is 2.03. The lowest BCUT2D eigenvalue weighted by Crippen LogP contribution is -1.98. The Morgan fingerprint density at radius 1 is 1.50 bits per heavy atom. The second kappa shape index (κ2) is 4.76. The first kappa shape index (κ1) is 11.3. The summed E-state index contributed by atoms with van der Waals surface area (Å²) in [7, 11) is 0. The van der Waals surface area contributed by atoms with Crippen molar-refractivity contribution in [3.05, 3.63) is 35.2 Å². The van der Waals surface area contributed by atoms with Gasteiger partial charge in [0.15, 0.2) is 0 Å². The number of pyridine rings is 1. The summed E-state index contributed by atoms with van der Waals surface area (Å²) in [5.41, 5.74) is 1.67. The van der Waals surface area contributed by atoms with Gasteiger partial charge in [-0.1, -0.05) is 11.6 Å². The number of imidazole rings is 1. The van der Waals surface area contributed by atoms with Gasteiger partial charge in [0.1, 0.15) is 5.65 Å². The molecule has 0 unspecified atom stereocenters. The fourth-order valence-electron chi connectivity index (χ4n) is 1.33. The van der Waals surface area contributed by atoms with E-state index in [0.29, 0.717) is 10.8 Å². The lowest BCUT2D eigenvalue weighted by Gasteiger charge is -1.92. The second-order valence-corrected chi connectivity index (χ2v) is 4.65. The van der Waals surface area contributed by atoms with Gasteiger partial charge in [-0.3, -0.25) is 4.79 Å². The number of hydrogen-bond acceptors (Lipinski definition) is 3. The Hall–Kier alpha value is -1.20. The quantitative estimate of drug-likeness (QED) is 0.912. The Bertz CT molecular complexity index is 527. The molecule has 2 heterocycles. The number of hydrogen-bond donors (Lipinski definition) is 1. The third kappa shape index (κ3) is 2.68. The van der Waals surface area contributed by atoms with E-state index in [0.717, 1.165) is 11.3 Å². The lowest BCUT2D eigenvalue weighted by molar-refractivity contribution is -0.133. The predicted octanol–water partition coefficient (Wildman–Crippen LogP) is 2.31. The van der Waals surface area contributed by atoms with Gasteiger partial charge in [-0.2, -0.15) is 0 Å². The Morgan fingerprint density at radius 3 is 3.06 bits per heavy atom. The van der Waals surface area contributed by atoms with Gasteiger partial charge in [-0.25, -0.2) is 4.98 Å². The maximum Gasteiger partial charge on any atom is 0.313 e. The zero-order valence-electron chi connectivity index (χ0n) is 8.26. The summed E-state index contributed by atoms with van der Waals surface area (Å²) >= 11 is 7.17. The van der Waals surface area contributed by atoms with E-state index in [-0.39, 0.29) is 5.75 Å². The maximum absolute atomic E-state index is 10.3. The number of halogens is 1. The average Bonchev–Trinajstić information content (AvgIpc) is 2.58. The molecule has 2 aromatic heterocycles. The molecule has 0 spiro atoms. The Morgan fingerprint density at radius 2 is 2.31 bits per heavy atom. The van der Waals surface area contributed by atoms with Crippen molar-refractivity contribution in [3.8, 4) is 0 Å². The van der Waals surface area contributed by atoms with Crippen LogP contribution in [-0.4, -0.2) is 26.2 Å². The first-order chi connectivity index (χ1) is 7.65. The molecule has 0 aliphatic carbocycles. The number of carboxylic acids is 1. The monoisotopic (exact) mass is 256 g/mol. The topological polar surface area (TPSA) is 54.6 Å². The van der Waals surface area contributed by atoms with E-state index in [1.807, 2.05) is 16.7 Å². The van der Waals surface area contributed by atoms with Crippen molar-refractivity contribution >= 4 is 35.0 Å². The van der Waals surface area contributed by atoms with Crippen LogP contribution in [0.25, 0.3) is 5.65 Å². The standard InChI is InChI=1S/C10H9ClN2O2S/c11-7-1-2-9-12-8(4-13(9)3-7)5-16-6-10(14)15/h1-4H,5-6H2,(H,14,15). The summed E-state index contributed by atoms with van der Waals surface area (Å²) in [4.78, 5) is 14.7. The summed E-state index contributed by atoms with van der Waals surface area (Å²) in [6.07, 6.45) is 3.63. The zero-order chi connectivity index (χ0) is 11.5. The molecule has 84 valence electrons. The van der Waals surface area contributed by atoms with Gasteiger partial charge in [-0.15, -0.1) is 11.8 Å². The smallest absolute Gasteiger partial charge is 0.313 e. The molecule has 0 saturated heterocycles. The van der Waals surface area contributed by atoms with Crippen molar-refractivity contribution in [2.45, 2.75) is 5.75 Å². The number of aliphatic carboxylic acids is 1. The van der Waals surface area contributed by atoms with Gasteiger partial charge in [0.25, 0.3) is 0 Å². The maximum atomic E-state index is 10.3. The molecule has 0 aliphatic heterocycles. The third-order valence-electron chi connectivity index (χ3n) is 1.94. The molecule has 0 amide bonds. The molecule has 0 atom stereocenters. The number of aromatic nitrogens is 2. The summed E-state index contributed by atoms with van der Waals surface area (Å²) in [5, 5.41) is 9.15. The van der Waals surface area contributed by atoms with Gasteiger partial charge in [-0.05, 0) is 12.1 Å². The van der Waals surface area contributed by atoms with Crippen molar-refractivity contribution in [1.82, 2.24) is 9.38 Å². The van der Waals surface area contributed by atoms with Gasteiger partial charge < -0.3 is 9.51 Å². The number of thioether (sulfide) groups is 1. The number of nitrogens with zero attached hydrogens (tertiary/aromatic N) is 2. The van der Waals surface area contributed by atoms with E-state index < -0.39 is 5.97 Å². The van der Waals surface area contributed by atoms with Crippen LogP contribution in [0.1, 0.15) is 5.69 Å². The summed E-state index contributed by atoms with van der Waals surface area (Å²) in [5.74, 6) is -0.128. The van der Waals surface area contributed by atoms with Crippen LogP contribution in [-0.2, 0) is 10.5 Å². The summed E-state index contributed by atoms with van der Waals surface area (Å²) in [6, 6.07) is 3.60. The number of carbonyl (C=O) groups is 1. The number of fused-ring (bicyclic) bond motifs is 1. The SMILES string of the molecule is O=C(O)CSCc1cn2cc(Cl)ccc2n1. The second-order valence-electron chi connectivity index (χ2n) is 3.23. The summed E-state index contributed by atoms with van der Waals surface area (Å²) in [6.45, 7) is 0. The molecule has 6 heteroatoms. The Kier molecular flexibility index (Phi) is 3.36. The van der Waals surface area contributed by atoms with Crippen LogP contribution in [0.4, 0.5) is 0 Å². The third-order valence-corrected chi connectivity index (χ3v) is 3.11. The predicted molar refractivity (Wildman–Crippen MR) is 64.0 cm³/mol. The average molecular weight is 257 g/mol.